The smallest absolute Gasteiger partial charge is 0.310 e. The molecule has 0 aliphatic rings. The van der Waals surface area contributed by atoms with Crippen LogP contribution in [0.5, 0.6) is 0 Å². The third-order valence-electron chi connectivity index (χ3n) is 3.43. The molecule has 0 amide bonds. The van der Waals surface area contributed by atoms with Crippen LogP contribution in [-0.2, 0) is 11.3 Å². The number of nitrogens with one attached hydrogen (secondary N) is 1. The Morgan fingerprint density at radius 1 is 1.25 bits per heavy atom. The lowest BCUT2D eigenvalue weighted by Gasteiger charge is -2.12. The lowest BCUT2D eigenvalue weighted by Crippen LogP contribution is -2.17. The van der Waals surface area contributed by atoms with E-state index in [-0.39, 0.29) is 6.04 Å². The van der Waals surface area contributed by atoms with Gasteiger partial charge in [0.05, 0.1) is 18.2 Å². The quantitative estimate of drug-likeness (QED) is 0.847. The maximum atomic E-state index is 10.9. The Morgan fingerprint density at radius 3 is 2.50 bits per heavy atom. The van der Waals surface area contributed by atoms with Gasteiger partial charge in [0.25, 0.3) is 0 Å². The topological polar surface area (TPSA) is 62.5 Å². The maximum absolute atomic E-state index is 10.9. The first-order chi connectivity index (χ1) is 9.58. The minimum Gasteiger partial charge on any atom is -0.481 e. The highest BCUT2D eigenvalue weighted by atomic mass is 16.4. The van der Waals surface area contributed by atoms with Gasteiger partial charge in [-0.05, 0) is 37.1 Å². The third kappa shape index (κ3) is 3.48. The largest absolute Gasteiger partial charge is 0.481 e. The molecule has 2 aromatic rings. The SMILES string of the molecule is CC(NCc1ccc(C(C)C(=O)O)cc1)c1ccco1. The van der Waals surface area contributed by atoms with E-state index in [4.69, 9.17) is 9.52 Å². The fourth-order valence-electron chi connectivity index (χ4n) is 1.98. The number of rotatable bonds is 6. The van der Waals surface area contributed by atoms with Crippen LogP contribution in [0.15, 0.2) is 47.1 Å². The van der Waals surface area contributed by atoms with Gasteiger partial charge < -0.3 is 14.8 Å². The van der Waals surface area contributed by atoms with Crippen molar-refractivity contribution in [3.8, 4) is 0 Å². The van der Waals surface area contributed by atoms with Crippen molar-refractivity contribution in [2.75, 3.05) is 0 Å². The second-order valence-corrected chi connectivity index (χ2v) is 4.92. The minimum absolute atomic E-state index is 0.141. The standard InChI is InChI=1S/C16H19NO3/c1-11(16(18)19)14-7-5-13(6-8-14)10-17-12(2)15-4-3-9-20-15/h3-9,11-12,17H,10H2,1-2H3,(H,18,19). The Morgan fingerprint density at radius 2 is 1.95 bits per heavy atom. The Balaban J connectivity index is 1.92. The van der Waals surface area contributed by atoms with Crippen LogP contribution in [0.25, 0.3) is 0 Å². The number of furan rings is 1. The Hall–Kier alpha value is -2.07. The molecule has 0 bridgehead atoms. The van der Waals surface area contributed by atoms with Crippen LogP contribution in [-0.4, -0.2) is 11.1 Å². The van der Waals surface area contributed by atoms with Crippen molar-refractivity contribution in [3.63, 3.8) is 0 Å². The van der Waals surface area contributed by atoms with E-state index >= 15 is 0 Å². The van der Waals surface area contributed by atoms with Gasteiger partial charge in [0.15, 0.2) is 0 Å². The predicted octanol–water partition coefficient (Wildman–Crippen LogP) is 3.32. The van der Waals surface area contributed by atoms with Crippen molar-refractivity contribution in [1.82, 2.24) is 5.32 Å². The molecule has 0 saturated carbocycles. The van der Waals surface area contributed by atoms with E-state index < -0.39 is 11.9 Å². The summed E-state index contributed by atoms with van der Waals surface area (Å²) in [7, 11) is 0. The molecule has 2 atom stereocenters. The van der Waals surface area contributed by atoms with Gasteiger partial charge in [-0.25, -0.2) is 0 Å². The van der Waals surface area contributed by atoms with Gasteiger partial charge in [-0.1, -0.05) is 24.3 Å². The van der Waals surface area contributed by atoms with E-state index in [9.17, 15) is 4.79 Å². The highest BCUT2D eigenvalue weighted by molar-refractivity contribution is 5.75. The van der Waals surface area contributed by atoms with E-state index in [0.29, 0.717) is 6.54 Å². The van der Waals surface area contributed by atoms with Crippen molar-refractivity contribution in [2.24, 2.45) is 0 Å². The molecule has 1 aromatic heterocycles. The monoisotopic (exact) mass is 273 g/mol. The summed E-state index contributed by atoms with van der Waals surface area (Å²) in [5.41, 5.74) is 1.94. The average molecular weight is 273 g/mol. The summed E-state index contributed by atoms with van der Waals surface area (Å²) in [6.45, 7) is 4.44. The van der Waals surface area contributed by atoms with Crippen molar-refractivity contribution in [3.05, 3.63) is 59.5 Å². The second-order valence-electron chi connectivity index (χ2n) is 4.92. The summed E-state index contributed by atoms with van der Waals surface area (Å²) < 4.78 is 5.33. The molecule has 0 spiro atoms. The van der Waals surface area contributed by atoms with Gasteiger partial charge >= 0.3 is 5.97 Å². The molecule has 1 aromatic carbocycles. The number of aliphatic carboxylic acids is 1. The zero-order chi connectivity index (χ0) is 14.5. The molecule has 2 unspecified atom stereocenters. The first kappa shape index (κ1) is 14.3. The molecule has 4 heteroatoms. The lowest BCUT2D eigenvalue weighted by molar-refractivity contribution is -0.138. The number of carbonyl (C=O) groups is 1. The number of benzene rings is 1. The zero-order valence-electron chi connectivity index (χ0n) is 11.7. The first-order valence-corrected chi connectivity index (χ1v) is 6.66. The van der Waals surface area contributed by atoms with Gasteiger partial charge in [-0.2, -0.15) is 0 Å². The van der Waals surface area contributed by atoms with Crippen molar-refractivity contribution >= 4 is 5.97 Å². The fraction of sp³-hybridized carbons (Fsp3) is 0.312. The van der Waals surface area contributed by atoms with E-state index in [1.807, 2.05) is 43.3 Å². The highest BCUT2D eigenvalue weighted by Gasteiger charge is 2.13. The van der Waals surface area contributed by atoms with Crippen LogP contribution in [0.1, 0.15) is 42.7 Å². The van der Waals surface area contributed by atoms with Crippen molar-refractivity contribution in [1.29, 1.82) is 0 Å². The summed E-state index contributed by atoms with van der Waals surface area (Å²) in [6.07, 6.45) is 1.66. The zero-order valence-corrected chi connectivity index (χ0v) is 11.7. The number of hydrogen-bond donors (Lipinski definition) is 2. The normalized spacial score (nSPS) is 13.9. The minimum atomic E-state index is -0.803. The maximum Gasteiger partial charge on any atom is 0.310 e. The van der Waals surface area contributed by atoms with Crippen molar-refractivity contribution < 1.29 is 14.3 Å². The fourth-order valence-corrected chi connectivity index (χ4v) is 1.98. The molecule has 0 fully saturated rings. The predicted molar refractivity (Wildman–Crippen MR) is 76.5 cm³/mol. The van der Waals surface area contributed by atoms with Crippen LogP contribution < -0.4 is 5.32 Å². The van der Waals surface area contributed by atoms with Gasteiger partial charge in [0.1, 0.15) is 5.76 Å². The summed E-state index contributed by atoms with van der Waals surface area (Å²) in [5.74, 6) is -0.373. The molecule has 106 valence electrons. The summed E-state index contributed by atoms with van der Waals surface area (Å²) in [4.78, 5) is 10.9. The lowest BCUT2D eigenvalue weighted by atomic mass is 10.00. The molecule has 20 heavy (non-hydrogen) atoms. The molecule has 0 radical (unpaired) electrons. The third-order valence-corrected chi connectivity index (χ3v) is 3.43. The molecule has 2 rings (SSSR count). The van der Waals surface area contributed by atoms with Crippen LogP contribution in [0.2, 0.25) is 0 Å². The van der Waals surface area contributed by atoms with Gasteiger partial charge in [0.2, 0.25) is 0 Å². The molecule has 2 N–H and O–H groups in total. The summed E-state index contributed by atoms with van der Waals surface area (Å²) in [6, 6.07) is 11.6. The van der Waals surface area contributed by atoms with Crippen molar-refractivity contribution in [2.45, 2.75) is 32.4 Å². The van der Waals surface area contributed by atoms with Gasteiger partial charge in [-0.15, -0.1) is 0 Å². The van der Waals surface area contributed by atoms with Crippen LogP contribution >= 0.6 is 0 Å². The number of hydrogen-bond acceptors (Lipinski definition) is 3. The van der Waals surface area contributed by atoms with E-state index in [0.717, 1.165) is 16.9 Å². The molecular weight excluding hydrogens is 254 g/mol. The first-order valence-electron chi connectivity index (χ1n) is 6.66. The summed E-state index contributed by atoms with van der Waals surface area (Å²) >= 11 is 0. The summed E-state index contributed by atoms with van der Waals surface area (Å²) in [5, 5.41) is 12.3. The van der Waals surface area contributed by atoms with Gasteiger partial charge in [-0.3, -0.25) is 4.79 Å². The number of carboxylic acid groups (broad SMARTS) is 1. The Labute approximate surface area is 118 Å². The highest BCUT2D eigenvalue weighted by Crippen LogP contribution is 2.17. The second kappa shape index (κ2) is 6.39. The van der Waals surface area contributed by atoms with Gasteiger partial charge in [0, 0.05) is 6.54 Å². The van der Waals surface area contributed by atoms with E-state index in [1.165, 1.54) is 0 Å². The molecule has 4 nitrogen and oxygen atoms in total. The average Bonchev–Trinajstić information content (AvgIpc) is 2.98. The van der Waals surface area contributed by atoms with Crippen LogP contribution in [0, 0.1) is 0 Å². The molecule has 1 heterocycles. The molecule has 0 aliphatic carbocycles. The van der Waals surface area contributed by atoms with E-state index in [2.05, 4.69) is 5.32 Å². The molecule has 0 saturated heterocycles. The van der Waals surface area contributed by atoms with Crippen LogP contribution in [0.3, 0.4) is 0 Å². The van der Waals surface area contributed by atoms with E-state index in [1.54, 1.807) is 13.2 Å². The number of carboxylic acids is 1. The Bertz CT molecular complexity index is 546. The molecule has 0 aliphatic heterocycles. The molecular formula is C16H19NO3. The Kier molecular flexibility index (Phi) is 4.58. The van der Waals surface area contributed by atoms with Crippen LogP contribution in [0.4, 0.5) is 0 Å².